The quantitative estimate of drug-likeness (QED) is 0.721. The Morgan fingerprint density at radius 3 is 2.77 bits per heavy atom. The number of amides is 1. The Labute approximate surface area is 126 Å². The molecule has 0 saturated carbocycles. The zero-order valence-electron chi connectivity index (χ0n) is 11.9. The second kappa shape index (κ2) is 4.87. The van der Waals surface area contributed by atoms with Crippen LogP contribution >= 0.6 is 0 Å². The van der Waals surface area contributed by atoms with Gasteiger partial charge in [-0.2, -0.15) is 0 Å². The summed E-state index contributed by atoms with van der Waals surface area (Å²) in [4.78, 5) is 26.4. The van der Waals surface area contributed by atoms with Gasteiger partial charge < -0.3 is 10.00 Å². The van der Waals surface area contributed by atoms with Crippen LogP contribution in [-0.4, -0.2) is 27.5 Å². The molecule has 1 aliphatic heterocycles. The third-order valence-corrected chi connectivity index (χ3v) is 4.25. The summed E-state index contributed by atoms with van der Waals surface area (Å²) in [5.41, 5.74) is 2.13. The summed E-state index contributed by atoms with van der Waals surface area (Å²) in [5.74, 6) is -0.0250. The molecule has 110 valence electrons. The molecule has 1 aromatic heterocycles. The van der Waals surface area contributed by atoms with Gasteiger partial charge in [0, 0.05) is 24.2 Å². The molecule has 1 amide bonds. The SMILES string of the molecule is O=C(c1cccc2ccccc12)N1CCc2[nH][nH]c(=O)c2C1. The molecule has 0 aliphatic carbocycles. The van der Waals surface area contributed by atoms with Gasteiger partial charge in [-0.15, -0.1) is 0 Å². The van der Waals surface area contributed by atoms with Crippen LogP contribution in [0.25, 0.3) is 10.8 Å². The molecule has 4 rings (SSSR count). The molecular formula is C17H15N3O2. The summed E-state index contributed by atoms with van der Waals surface area (Å²) >= 11 is 0. The summed E-state index contributed by atoms with van der Waals surface area (Å²) in [6.45, 7) is 0.971. The van der Waals surface area contributed by atoms with Gasteiger partial charge >= 0.3 is 0 Å². The number of nitrogens with one attached hydrogen (secondary N) is 2. The Morgan fingerprint density at radius 1 is 1.05 bits per heavy atom. The van der Waals surface area contributed by atoms with Gasteiger partial charge in [0.1, 0.15) is 0 Å². The van der Waals surface area contributed by atoms with Crippen LogP contribution in [0.3, 0.4) is 0 Å². The highest BCUT2D eigenvalue weighted by Crippen LogP contribution is 2.22. The van der Waals surface area contributed by atoms with E-state index in [-0.39, 0.29) is 11.5 Å². The highest BCUT2D eigenvalue weighted by atomic mass is 16.2. The fourth-order valence-electron chi connectivity index (χ4n) is 3.07. The zero-order chi connectivity index (χ0) is 15.1. The highest BCUT2D eigenvalue weighted by molar-refractivity contribution is 6.07. The van der Waals surface area contributed by atoms with Crippen molar-refractivity contribution in [3.05, 3.63) is 69.6 Å². The molecule has 0 radical (unpaired) electrons. The van der Waals surface area contributed by atoms with E-state index >= 15 is 0 Å². The molecule has 0 atom stereocenters. The molecule has 0 fully saturated rings. The first-order valence-electron chi connectivity index (χ1n) is 7.29. The Kier molecular flexibility index (Phi) is 2.85. The Hall–Kier alpha value is -2.82. The van der Waals surface area contributed by atoms with E-state index in [1.807, 2.05) is 42.5 Å². The van der Waals surface area contributed by atoms with Gasteiger partial charge in [-0.25, -0.2) is 0 Å². The van der Waals surface area contributed by atoms with E-state index in [1.165, 1.54) is 0 Å². The molecule has 1 aliphatic rings. The van der Waals surface area contributed by atoms with Crippen molar-refractivity contribution in [3.63, 3.8) is 0 Å². The van der Waals surface area contributed by atoms with E-state index in [2.05, 4.69) is 10.2 Å². The number of carbonyl (C=O) groups is 1. The van der Waals surface area contributed by atoms with Crippen molar-refractivity contribution >= 4 is 16.7 Å². The number of nitrogens with zero attached hydrogens (tertiary/aromatic N) is 1. The maximum absolute atomic E-state index is 12.9. The summed E-state index contributed by atoms with van der Waals surface area (Å²) in [5, 5.41) is 7.46. The van der Waals surface area contributed by atoms with Crippen molar-refractivity contribution in [2.45, 2.75) is 13.0 Å². The molecule has 5 nitrogen and oxygen atoms in total. The second-order valence-electron chi connectivity index (χ2n) is 5.54. The van der Waals surface area contributed by atoms with Crippen molar-refractivity contribution in [2.75, 3.05) is 6.54 Å². The van der Waals surface area contributed by atoms with Gasteiger partial charge in [-0.3, -0.25) is 14.7 Å². The van der Waals surface area contributed by atoms with Crippen molar-refractivity contribution in [2.24, 2.45) is 0 Å². The van der Waals surface area contributed by atoms with E-state index in [0.29, 0.717) is 30.6 Å². The number of fused-ring (bicyclic) bond motifs is 2. The number of hydrogen-bond donors (Lipinski definition) is 2. The molecule has 2 heterocycles. The maximum atomic E-state index is 12.9. The maximum Gasteiger partial charge on any atom is 0.269 e. The number of carbonyl (C=O) groups excluding carboxylic acids is 1. The zero-order valence-corrected chi connectivity index (χ0v) is 11.9. The fourth-order valence-corrected chi connectivity index (χ4v) is 3.07. The number of aromatic nitrogens is 2. The van der Waals surface area contributed by atoms with Gasteiger partial charge in [0.05, 0.1) is 12.1 Å². The molecule has 0 bridgehead atoms. The molecule has 0 saturated heterocycles. The molecule has 2 N–H and O–H groups in total. The van der Waals surface area contributed by atoms with Crippen LogP contribution in [0, 0.1) is 0 Å². The van der Waals surface area contributed by atoms with Crippen LogP contribution in [0.5, 0.6) is 0 Å². The molecule has 2 aromatic carbocycles. The number of hydrogen-bond acceptors (Lipinski definition) is 2. The largest absolute Gasteiger partial charge is 0.334 e. The molecule has 0 unspecified atom stereocenters. The average molecular weight is 293 g/mol. The minimum absolute atomic E-state index is 0.0250. The summed E-state index contributed by atoms with van der Waals surface area (Å²) in [7, 11) is 0. The Bertz CT molecular complexity index is 918. The minimum Gasteiger partial charge on any atom is -0.334 e. The van der Waals surface area contributed by atoms with E-state index in [0.717, 1.165) is 16.5 Å². The first-order valence-corrected chi connectivity index (χ1v) is 7.29. The van der Waals surface area contributed by atoms with Crippen LogP contribution < -0.4 is 5.56 Å². The van der Waals surface area contributed by atoms with E-state index < -0.39 is 0 Å². The lowest BCUT2D eigenvalue weighted by molar-refractivity contribution is 0.0736. The lowest BCUT2D eigenvalue weighted by Gasteiger charge is -2.26. The number of aromatic amines is 2. The topological polar surface area (TPSA) is 69.0 Å². The van der Waals surface area contributed by atoms with Crippen LogP contribution in [-0.2, 0) is 13.0 Å². The summed E-state index contributed by atoms with van der Waals surface area (Å²) < 4.78 is 0. The van der Waals surface area contributed by atoms with E-state index in [9.17, 15) is 9.59 Å². The predicted molar refractivity (Wildman–Crippen MR) is 83.8 cm³/mol. The third-order valence-electron chi connectivity index (χ3n) is 4.25. The summed E-state index contributed by atoms with van der Waals surface area (Å²) in [6, 6.07) is 13.6. The third kappa shape index (κ3) is 1.94. The van der Waals surface area contributed by atoms with Crippen molar-refractivity contribution in [1.82, 2.24) is 15.1 Å². The van der Waals surface area contributed by atoms with Gasteiger partial charge in [-0.1, -0.05) is 36.4 Å². The standard InChI is InChI=1S/C17H15N3O2/c21-16-14-10-20(9-8-15(14)18-19-16)17(22)13-7-3-5-11-4-1-2-6-12(11)13/h1-7H,8-10H2,(H2,18,19,21). The Morgan fingerprint density at radius 2 is 1.86 bits per heavy atom. The van der Waals surface area contributed by atoms with Crippen LogP contribution in [0.15, 0.2) is 47.3 Å². The van der Waals surface area contributed by atoms with Crippen molar-refractivity contribution in [3.8, 4) is 0 Å². The fraction of sp³-hybridized carbons (Fsp3) is 0.176. The van der Waals surface area contributed by atoms with Crippen molar-refractivity contribution < 1.29 is 4.79 Å². The van der Waals surface area contributed by atoms with Gasteiger partial charge in [0.25, 0.3) is 11.5 Å². The first-order chi connectivity index (χ1) is 10.7. The highest BCUT2D eigenvalue weighted by Gasteiger charge is 2.25. The predicted octanol–water partition coefficient (Wildman–Crippen LogP) is 2.05. The number of rotatable bonds is 1. The number of H-pyrrole nitrogens is 2. The van der Waals surface area contributed by atoms with Crippen molar-refractivity contribution in [1.29, 1.82) is 0 Å². The van der Waals surface area contributed by atoms with E-state index in [4.69, 9.17) is 0 Å². The molecule has 5 heteroatoms. The van der Waals surface area contributed by atoms with Gasteiger partial charge in [0.15, 0.2) is 0 Å². The van der Waals surface area contributed by atoms with Crippen LogP contribution in [0.2, 0.25) is 0 Å². The average Bonchev–Trinajstić information content (AvgIpc) is 2.94. The molecular weight excluding hydrogens is 278 g/mol. The van der Waals surface area contributed by atoms with E-state index in [1.54, 1.807) is 4.90 Å². The van der Waals surface area contributed by atoms with Crippen LogP contribution in [0.4, 0.5) is 0 Å². The molecule has 3 aromatic rings. The smallest absolute Gasteiger partial charge is 0.269 e. The van der Waals surface area contributed by atoms with Gasteiger partial charge in [0.2, 0.25) is 0 Å². The lowest BCUT2D eigenvalue weighted by atomic mass is 10.0. The summed E-state index contributed by atoms with van der Waals surface area (Å²) in [6.07, 6.45) is 0.671. The number of benzene rings is 2. The monoisotopic (exact) mass is 293 g/mol. The van der Waals surface area contributed by atoms with Crippen LogP contribution in [0.1, 0.15) is 21.6 Å². The Balaban J connectivity index is 1.73. The molecule has 22 heavy (non-hydrogen) atoms. The normalized spacial score (nSPS) is 14.1. The van der Waals surface area contributed by atoms with Gasteiger partial charge in [-0.05, 0) is 16.8 Å². The first kappa shape index (κ1) is 12.9. The minimum atomic E-state index is -0.134. The second-order valence-corrected chi connectivity index (χ2v) is 5.54. The molecule has 0 spiro atoms. The lowest BCUT2D eigenvalue weighted by Crippen LogP contribution is -2.37.